The second-order valence-electron chi connectivity index (χ2n) is 7.74. The van der Waals surface area contributed by atoms with E-state index in [0.29, 0.717) is 47.3 Å². The number of anilines is 2. The van der Waals surface area contributed by atoms with Gasteiger partial charge in [0.05, 0.1) is 29.6 Å². The van der Waals surface area contributed by atoms with E-state index in [4.69, 9.17) is 16.3 Å². The lowest BCUT2D eigenvalue weighted by atomic mass is 9.93. The lowest BCUT2D eigenvalue weighted by Gasteiger charge is -2.26. The first-order valence-electron chi connectivity index (χ1n) is 9.85. The number of aliphatic hydroxyl groups is 1. The van der Waals surface area contributed by atoms with Gasteiger partial charge in [0.15, 0.2) is 5.65 Å². The minimum absolute atomic E-state index is 0.0260. The van der Waals surface area contributed by atoms with Crippen molar-refractivity contribution in [3.63, 3.8) is 0 Å². The van der Waals surface area contributed by atoms with E-state index >= 15 is 0 Å². The number of hydrogen-bond acceptors (Lipinski definition) is 6. The summed E-state index contributed by atoms with van der Waals surface area (Å²) < 4.78 is 8.86. The van der Waals surface area contributed by atoms with Gasteiger partial charge in [0, 0.05) is 25.6 Å². The zero-order chi connectivity index (χ0) is 20.1. The number of benzene rings is 1. The molecule has 0 radical (unpaired) electrons. The standard InChI is InChI=1S/C20H22ClN5O3/c1-25-16-10-22-19(23-15-8-11-6-7-29-17(11)9-14(15)21)24-18(16)26(20(25)28)12-2-4-13(27)5-3-12/h8-10,12-13,27H,2-7H2,1H3,(H,22,23,24). The lowest BCUT2D eigenvalue weighted by Crippen LogP contribution is -2.30. The monoisotopic (exact) mass is 415 g/mol. The molecule has 0 spiro atoms. The lowest BCUT2D eigenvalue weighted by molar-refractivity contribution is 0.110. The zero-order valence-electron chi connectivity index (χ0n) is 16.1. The van der Waals surface area contributed by atoms with Crippen LogP contribution in [0.25, 0.3) is 11.2 Å². The normalized spacial score (nSPS) is 21.2. The Morgan fingerprint density at radius 1 is 1.28 bits per heavy atom. The highest BCUT2D eigenvalue weighted by atomic mass is 35.5. The van der Waals surface area contributed by atoms with E-state index in [1.54, 1.807) is 28.4 Å². The topological polar surface area (TPSA) is 94.2 Å². The smallest absolute Gasteiger partial charge is 0.330 e. The van der Waals surface area contributed by atoms with Crippen LogP contribution in [-0.4, -0.2) is 36.9 Å². The van der Waals surface area contributed by atoms with Gasteiger partial charge in [0.25, 0.3) is 0 Å². The summed E-state index contributed by atoms with van der Waals surface area (Å²) in [5, 5.41) is 13.5. The van der Waals surface area contributed by atoms with Crippen molar-refractivity contribution in [1.29, 1.82) is 0 Å². The van der Waals surface area contributed by atoms with Gasteiger partial charge in [-0.05, 0) is 37.3 Å². The molecule has 5 rings (SSSR count). The van der Waals surface area contributed by atoms with Gasteiger partial charge in [-0.25, -0.2) is 9.78 Å². The molecular weight excluding hydrogens is 394 g/mol. The predicted octanol–water partition coefficient (Wildman–Crippen LogP) is 2.94. The van der Waals surface area contributed by atoms with Crippen molar-refractivity contribution in [2.75, 3.05) is 11.9 Å². The fraction of sp³-hybridized carbons (Fsp3) is 0.450. The molecule has 8 nitrogen and oxygen atoms in total. The first kappa shape index (κ1) is 18.4. The molecule has 0 unspecified atom stereocenters. The Hall–Kier alpha value is -2.58. The predicted molar refractivity (Wildman–Crippen MR) is 110 cm³/mol. The molecule has 2 aliphatic rings. The number of nitrogens with zero attached hydrogens (tertiary/aromatic N) is 4. The maximum absolute atomic E-state index is 12.9. The highest BCUT2D eigenvalue weighted by Crippen LogP contribution is 2.35. The minimum Gasteiger partial charge on any atom is -0.493 e. The fourth-order valence-corrected chi connectivity index (χ4v) is 4.46. The minimum atomic E-state index is -0.283. The highest BCUT2D eigenvalue weighted by molar-refractivity contribution is 6.33. The molecule has 29 heavy (non-hydrogen) atoms. The SMILES string of the molecule is Cn1c(=O)n(C2CCC(O)CC2)c2nc(Nc3cc4c(cc3Cl)OCC4)ncc21. The molecular formula is C20H22ClN5O3. The van der Waals surface area contributed by atoms with Crippen LogP contribution in [0.2, 0.25) is 5.02 Å². The fourth-order valence-electron chi connectivity index (χ4n) is 4.26. The summed E-state index contributed by atoms with van der Waals surface area (Å²) in [4.78, 5) is 21.9. The molecule has 3 aromatic rings. The summed E-state index contributed by atoms with van der Waals surface area (Å²) in [6, 6.07) is 3.79. The molecule has 0 saturated heterocycles. The summed E-state index contributed by atoms with van der Waals surface area (Å²) in [7, 11) is 1.73. The number of aryl methyl sites for hydroxylation is 1. The van der Waals surface area contributed by atoms with Crippen molar-refractivity contribution < 1.29 is 9.84 Å². The van der Waals surface area contributed by atoms with Gasteiger partial charge < -0.3 is 15.2 Å². The summed E-state index contributed by atoms with van der Waals surface area (Å²) in [5.41, 5.74) is 2.97. The molecule has 0 amide bonds. The number of imidazole rings is 1. The van der Waals surface area contributed by atoms with Crippen molar-refractivity contribution in [1.82, 2.24) is 19.1 Å². The van der Waals surface area contributed by atoms with Crippen LogP contribution in [0.1, 0.15) is 37.3 Å². The Balaban J connectivity index is 1.53. The Morgan fingerprint density at radius 2 is 2.07 bits per heavy atom. The van der Waals surface area contributed by atoms with Crippen LogP contribution in [0.5, 0.6) is 5.75 Å². The van der Waals surface area contributed by atoms with E-state index in [-0.39, 0.29) is 17.8 Å². The summed E-state index contributed by atoms with van der Waals surface area (Å²) in [5.74, 6) is 1.20. The Kier molecular flexibility index (Phi) is 4.48. The average Bonchev–Trinajstić information content (AvgIpc) is 3.25. The molecule has 1 fully saturated rings. The molecule has 9 heteroatoms. The van der Waals surface area contributed by atoms with Crippen LogP contribution in [0.4, 0.5) is 11.6 Å². The average molecular weight is 416 g/mol. The van der Waals surface area contributed by atoms with E-state index in [1.165, 1.54) is 0 Å². The highest BCUT2D eigenvalue weighted by Gasteiger charge is 2.26. The number of ether oxygens (including phenoxy) is 1. The molecule has 3 heterocycles. The molecule has 1 aromatic carbocycles. The van der Waals surface area contributed by atoms with Crippen LogP contribution in [0, 0.1) is 0 Å². The third-order valence-corrected chi connectivity index (χ3v) is 6.20. The van der Waals surface area contributed by atoms with Gasteiger partial charge in [-0.1, -0.05) is 11.6 Å². The maximum atomic E-state index is 12.9. The molecule has 152 valence electrons. The summed E-state index contributed by atoms with van der Waals surface area (Å²) >= 11 is 6.39. The zero-order valence-corrected chi connectivity index (χ0v) is 16.8. The number of hydrogen-bond donors (Lipinski definition) is 2. The number of halogens is 1. The van der Waals surface area contributed by atoms with Gasteiger partial charge >= 0.3 is 5.69 Å². The summed E-state index contributed by atoms with van der Waals surface area (Å²) in [6.07, 6.45) is 5.10. The van der Waals surface area contributed by atoms with Crippen LogP contribution in [0.3, 0.4) is 0 Å². The molecule has 0 bridgehead atoms. The van der Waals surface area contributed by atoms with Gasteiger partial charge in [-0.2, -0.15) is 4.98 Å². The number of aromatic nitrogens is 4. The number of rotatable bonds is 3. The van der Waals surface area contributed by atoms with Crippen molar-refractivity contribution in [3.8, 4) is 5.75 Å². The van der Waals surface area contributed by atoms with Crippen molar-refractivity contribution >= 4 is 34.4 Å². The van der Waals surface area contributed by atoms with Crippen LogP contribution >= 0.6 is 11.6 Å². The van der Waals surface area contributed by atoms with Gasteiger partial charge in [-0.3, -0.25) is 9.13 Å². The molecule has 2 aromatic heterocycles. The Morgan fingerprint density at radius 3 is 2.86 bits per heavy atom. The van der Waals surface area contributed by atoms with E-state index < -0.39 is 0 Å². The van der Waals surface area contributed by atoms with Gasteiger partial charge in [-0.15, -0.1) is 0 Å². The number of nitrogens with one attached hydrogen (secondary N) is 1. The van der Waals surface area contributed by atoms with E-state index in [1.807, 2.05) is 6.07 Å². The second kappa shape index (κ2) is 7.03. The first-order valence-corrected chi connectivity index (χ1v) is 10.2. The molecule has 0 atom stereocenters. The Labute approximate surface area is 172 Å². The van der Waals surface area contributed by atoms with E-state index in [9.17, 15) is 9.90 Å². The van der Waals surface area contributed by atoms with Crippen molar-refractivity contribution in [2.24, 2.45) is 7.05 Å². The third-order valence-electron chi connectivity index (χ3n) is 5.89. The first-order chi connectivity index (χ1) is 14.0. The molecule has 1 aliphatic carbocycles. The van der Waals surface area contributed by atoms with Crippen LogP contribution < -0.4 is 15.7 Å². The van der Waals surface area contributed by atoms with E-state index in [2.05, 4.69) is 15.3 Å². The molecule has 1 saturated carbocycles. The number of aliphatic hydroxyl groups excluding tert-OH is 1. The van der Waals surface area contributed by atoms with E-state index in [0.717, 1.165) is 30.6 Å². The Bertz CT molecular complexity index is 1150. The molecule has 1 aliphatic heterocycles. The van der Waals surface area contributed by atoms with Crippen molar-refractivity contribution in [3.05, 3.63) is 39.4 Å². The molecule has 2 N–H and O–H groups in total. The quantitative estimate of drug-likeness (QED) is 0.683. The van der Waals surface area contributed by atoms with Gasteiger partial charge in [0.2, 0.25) is 5.95 Å². The van der Waals surface area contributed by atoms with Crippen LogP contribution in [0.15, 0.2) is 23.1 Å². The third kappa shape index (κ3) is 3.16. The number of fused-ring (bicyclic) bond motifs is 2. The maximum Gasteiger partial charge on any atom is 0.330 e. The van der Waals surface area contributed by atoms with Crippen molar-refractivity contribution in [2.45, 2.75) is 44.2 Å². The second-order valence-corrected chi connectivity index (χ2v) is 8.15. The largest absolute Gasteiger partial charge is 0.493 e. The van der Waals surface area contributed by atoms with Crippen LogP contribution in [-0.2, 0) is 13.5 Å². The van der Waals surface area contributed by atoms with Gasteiger partial charge in [0.1, 0.15) is 11.3 Å². The summed E-state index contributed by atoms with van der Waals surface area (Å²) in [6.45, 7) is 0.657.